The van der Waals surface area contributed by atoms with Crippen molar-refractivity contribution in [2.24, 2.45) is 11.5 Å². The number of nitrogens with zero attached hydrogens (tertiary/aromatic N) is 1. The van der Waals surface area contributed by atoms with Crippen LogP contribution < -0.4 is 21.5 Å². The Morgan fingerprint density at radius 1 is 1.25 bits per heavy atom. The van der Waals surface area contributed by atoms with Gasteiger partial charge in [0.2, 0.25) is 5.76 Å². The largest absolute Gasteiger partial charge is 0.492 e. The van der Waals surface area contributed by atoms with Crippen molar-refractivity contribution >= 4 is 49.3 Å². The molecular formula is C18H20N4O5S. The van der Waals surface area contributed by atoms with Crippen LogP contribution in [0.5, 0.6) is 5.75 Å². The second-order valence-corrected chi connectivity index (χ2v) is 7.43. The lowest BCUT2D eigenvalue weighted by molar-refractivity contribution is 0.0322. The number of ether oxygens (including phenoxy) is 2. The van der Waals surface area contributed by atoms with Gasteiger partial charge in [0.1, 0.15) is 18.0 Å². The van der Waals surface area contributed by atoms with E-state index in [1.807, 2.05) is 18.2 Å². The van der Waals surface area contributed by atoms with Crippen molar-refractivity contribution in [2.45, 2.75) is 0 Å². The standard InChI is InChI=1S/C18H20N4O5S/c19-17(23)15-13(21-18(20)24)16-14(27-15)11-2-1-10(9-12(11)28-16)26-8-5-22-3-6-25-7-4-22/h1-2,9H,3-8H2,(H2,19,23)(H3,20,21,24). The second kappa shape index (κ2) is 7.66. The molecule has 0 spiro atoms. The van der Waals surface area contributed by atoms with Crippen molar-refractivity contribution in [1.29, 1.82) is 0 Å². The number of fused-ring (bicyclic) bond motifs is 3. The monoisotopic (exact) mass is 404 g/mol. The minimum atomic E-state index is -0.796. The van der Waals surface area contributed by atoms with Gasteiger partial charge in [-0.3, -0.25) is 9.69 Å². The molecule has 1 aliphatic rings. The Morgan fingerprint density at radius 2 is 2.04 bits per heavy atom. The number of hydrogen-bond donors (Lipinski definition) is 3. The van der Waals surface area contributed by atoms with E-state index in [9.17, 15) is 9.59 Å². The maximum Gasteiger partial charge on any atom is 0.316 e. The fraction of sp³-hybridized carbons (Fsp3) is 0.333. The number of primary amides is 2. The van der Waals surface area contributed by atoms with Gasteiger partial charge in [-0.25, -0.2) is 4.79 Å². The SMILES string of the molecule is NC(=O)Nc1c(C(N)=O)oc2c1sc1cc(OCCN3CCOCC3)ccc12. The number of hydrogen-bond acceptors (Lipinski definition) is 7. The number of thiophene rings is 1. The van der Waals surface area contributed by atoms with Crippen molar-refractivity contribution < 1.29 is 23.5 Å². The van der Waals surface area contributed by atoms with Gasteiger partial charge < -0.3 is 30.7 Å². The highest BCUT2D eigenvalue weighted by atomic mass is 32.1. The zero-order chi connectivity index (χ0) is 19.7. The third-order valence-electron chi connectivity index (χ3n) is 4.53. The lowest BCUT2D eigenvalue weighted by Gasteiger charge is -2.26. The van der Waals surface area contributed by atoms with Crippen LogP contribution in [0.25, 0.3) is 20.4 Å². The van der Waals surface area contributed by atoms with E-state index in [1.54, 1.807) is 0 Å². The minimum Gasteiger partial charge on any atom is -0.492 e. The normalized spacial score (nSPS) is 15.1. The number of carbonyl (C=O) groups excluding carboxylic acids is 2. The lowest BCUT2D eigenvalue weighted by Crippen LogP contribution is -2.38. The van der Waals surface area contributed by atoms with Crippen LogP contribution in [0, 0.1) is 0 Å². The predicted molar refractivity (Wildman–Crippen MR) is 106 cm³/mol. The van der Waals surface area contributed by atoms with Gasteiger partial charge in [-0.1, -0.05) is 0 Å². The number of rotatable bonds is 6. The Morgan fingerprint density at radius 3 is 2.75 bits per heavy atom. The summed E-state index contributed by atoms with van der Waals surface area (Å²) in [5.41, 5.74) is 11.2. The third-order valence-corrected chi connectivity index (χ3v) is 5.68. The van der Waals surface area contributed by atoms with Crippen LogP contribution in [-0.4, -0.2) is 56.3 Å². The zero-order valence-electron chi connectivity index (χ0n) is 15.0. The second-order valence-electron chi connectivity index (χ2n) is 6.38. The molecule has 1 aromatic carbocycles. The molecule has 1 saturated heterocycles. The first-order chi connectivity index (χ1) is 13.5. The van der Waals surface area contributed by atoms with Crippen LogP contribution in [-0.2, 0) is 4.74 Å². The lowest BCUT2D eigenvalue weighted by atomic mass is 10.2. The first-order valence-electron chi connectivity index (χ1n) is 8.81. The van der Waals surface area contributed by atoms with Gasteiger partial charge in [0.25, 0.3) is 5.91 Å². The summed E-state index contributed by atoms with van der Waals surface area (Å²) in [5.74, 6) is -0.152. The number of benzene rings is 1. The van der Waals surface area contributed by atoms with Gasteiger partial charge in [-0.2, -0.15) is 0 Å². The quantitative estimate of drug-likeness (QED) is 0.575. The molecule has 0 unspecified atom stereocenters. The molecule has 3 aromatic rings. The maximum absolute atomic E-state index is 11.6. The van der Waals surface area contributed by atoms with E-state index in [4.69, 9.17) is 25.4 Å². The van der Waals surface area contributed by atoms with Crippen LogP contribution >= 0.6 is 11.3 Å². The molecule has 3 heterocycles. The number of furan rings is 1. The Bertz CT molecular complexity index is 1040. The first-order valence-corrected chi connectivity index (χ1v) is 9.63. The van der Waals surface area contributed by atoms with Gasteiger partial charge in [-0.05, 0) is 18.2 Å². The summed E-state index contributed by atoms with van der Waals surface area (Å²) in [4.78, 5) is 25.2. The predicted octanol–water partition coefficient (Wildman–Crippen LogP) is 1.95. The molecule has 0 saturated carbocycles. The smallest absolute Gasteiger partial charge is 0.316 e. The molecule has 3 amide bonds. The average Bonchev–Trinajstić information content (AvgIpc) is 3.19. The highest BCUT2D eigenvalue weighted by Crippen LogP contribution is 2.43. The molecule has 0 atom stereocenters. The maximum atomic E-state index is 11.6. The van der Waals surface area contributed by atoms with Gasteiger partial charge in [0.05, 0.1) is 17.9 Å². The molecule has 1 aliphatic heterocycles. The molecule has 4 rings (SSSR count). The van der Waals surface area contributed by atoms with E-state index in [0.29, 0.717) is 16.9 Å². The van der Waals surface area contributed by atoms with Crippen molar-refractivity contribution in [2.75, 3.05) is 44.8 Å². The number of amides is 3. The summed E-state index contributed by atoms with van der Waals surface area (Å²) >= 11 is 1.37. The van der Waals surface area contributed by atoms with Crippen LogP contribution in [0.15, 0.2) is 22.6 Å². The van der Waals surface area contributed by atoms with Gasteiger partial charge >= 0.3 is 6.03 Å². The highest BCUT2D eigenvalue weighted by Gasteiger charge is 2.23. The Labute approximate surface area is 164 Å². The first kappa shape index (κ1) is 18.5. The minimum absolute atomic E-state index is 0.118. The molecule has 2 aromatic heterocycles. The summed E-state index contributed by atoms with van der Waals surface area (Å²) < 4.78 is 18.3. The van der Waals surface area contributed by atoms with Crippen molar-refractivity contribution in [1.82, 2.24) is 4.90 Å². The number of anilines is 1. The number of urea groups is 1. The molecule has 1 fully saturated rings. The highest BCUT2D eigenvalue weighted by molar-refractivity contribution is 7.26. The van der Waals surface area contributed by atoms with Gasteiger partial charge in [-0.15, -0.1) is 11.3 Å². The van der Waals surface area contributed by atoms with E-state index in [2.05, 4.69) is 10.2 Å². The van der Waals surface area contributed by atoms with Crippen LogP contribution in [0.2, 0.25) is 0 Å². The molecule has 148 valence electrons. The van der Waals surface area contributed by atoms with Gasteiger partial charge in [0.15, 0.2) is 5.58 Å². The number of nitrogens with one attached hydrogen (secondary N) is 1. The molecule has 0 bridgehead atoms. The number of carbonyl (C=O) groups is 2. The van der Waals surface area contributed by atoms with Crippen LogP contribution in [0.3, 0.4) is 0 Å². The van der Waals surface area contributed by atoms with Crippen molar-refractivity contribution in [3.8, 4) is 5.75 Å². The van der Waals surface area contributed by atoms with E-state index in [-0.39, 0.29) is 11.4 Å². The zero-order valence-corrected chi connectivity index (χ0v) is 15.8. The molecule has 0 radical (unpaired) electrons. The van der Waals surface area contributed by atoms with E-state index < -0.39 is 11.9 Å². The van der Waals surface area contributed by atoms with Gasteiger partial charge in [0, 0.05) is 29.7 Å². The van der Waals surface area contributed by atoms with E-state index >= 15 is 0 Å². The summed E-state index contributed by atoms with van der Waals surface area (Å²) in [6.07, 6.45) is 0. The molecule has 0 aliphatic carbocycles. The fourth-order valence-corrected chi connectivity index (χ4v) is 4.35. The Balaban J connectivity index is 1.57. The summed E-state index contributed by atoms with van der Waals surface area (Å²) in [6, 6.07) is 4.82. The number of nitrogens with two attached hydrogens (primary N) is 2. The van der Waals surface area contributed by atoms with E-state index in [0.717, 1.165) is 48.7 Å². The van der Waals surface area contributed by atoms with Crippen molar-refractivity contribution in [3.63, 3.8) is 0 Å². The molecule has 5 N–H and O–H groups in total. The van der Waals surface area contributed by atoms with Crippen LogP contribution in [0.4, 0.5) is 10.5 Å². The molecular weight excluding hydrogens is 384 g/mol. The molecule has 28 heavy (non-hydrogen) atoms. The summed E-state index contributed by atoms with van der Waals surface area (Å²) in [7, 11) is 0. The third kappa shape index (κ3) is 3.61. The summed E-state index contributed by atoms with van der Waals surface area (Å²) in [5, 5.41) is 3.24. The fourth-order valence-electron chi connectivity index (χ4n) is 3.19. The Kier molecular flexibility index (Phi) is 5.07. The number of morpholine rings is 1. The molecule has 9 nitrogen and oxygen atoms in total. The summed E-state index contributed by atoms with van der Waals surface area (Å²) in [6.45, 7) is 4.77. The Hall–Kier alpha value is -2.82. The average molecular weight is 404 g/mol. The molecule has 10 heteroatoms. The topological polar surface area (TPSA) is 133 Å². The van der Waals surface area contributed by atoms with Crippen LogP contribution in [0.1, 0.15) is 10.6 Å². The van der Waals surface area contributed by atoms with Crippen molar-refractivity contribution in [3.05, 3.63) is 24.0 Å². The van der Waals surface area contributed by atoms with E-state index in [1.165, 1.54) is 11.3 Å².